The van der Waals surface area contributed by atoms with Gasteiger partial charge in [0.15, 0.2) is 5.82 Å². The number of aryl methyl sites for hydroxylation is 1. The van der Waals surface area contributed by atoms with Crippen LogP contribution in [0, 0.1) is 6.92 Å². The van der Waals surface area contributed by atoms with Crippen molar-refractivity contribution >= 4 is 15.9 Å². The minimum Gasteiger partial charge on any atom is -0.340 e. The fourth-order valence-corrected chi connectivity index (χ4v) is 4.57. The summed E-state index contributed by atoms with van der Waals surface area (Å²) in [6, 6.07) is 3.55. The Morgan fingerprint density at radius 1 is 1.15 bits per heavy atom. The van der Waals surface area contributed by atoms with Crippen LogP contribution in [0.2, 0.25) is 0 Å². The van der Waals surface area contributed by atoms with Gasteiger partial charge in [0.25, 0.3) is 0 Å². The highest BCUT2D eigenvalue weighted by atomic mass is 32.2. The molecule has 9 heteroatoms. The monoisotopic (exact) mass is 389 g/mol. The molecule has 3 rings (SSSR count). The second-order valence-corrected chi connectivity index (χ2v) is 8.32. The van der Waals surface area contributed by atoms with Gasteiger partial charge < -0.3 is 4.90 Å². The quantitative estimate of drug-likeness (QED) is 0.768. The third-order valence-electron chi connectivity index (χ3n) is 4.55. The summed E-state index contributed by atoms with van der Waals surface area (Å²) in [5, 5.41) is 0. The lowest BCUT2D eigenvalue weighted by atomic mass is 10.2. The van der Waals surface area contributed by atoms with Crippen LogP contribution < -0.4 is 0 Å². The van der Waals surface area contributed by atoms with Crippen LogP contribution in [0.25, 0.3) is 11.4 Å². The number of pyridine rings is 1. The first-order valence-electron chi connectivity index (χ1n) is 8.95. The lowest BCUT2D eigenvalue weighted by Gasteiger charge is -2.34. The molecule has 0 saturated carbocycles. The zero-order chi connectivity index (χ0) is 19.4. The molecule has 0 radical (unpaired) electrons. The molecule has 1 saturated heterocycles. The number of hydrogen-bond donors (Lipinski definition) is 0. The van der Waals surface area contributed by atoms with Crippen molar-refractivity contribution in [2.75, 3.05) is 26.2 Å². The Bertz CT molecular complexity index is 910. The summed E-state index contributed by atoms with van der Waals surface area (Å²) in [6.07, 6.45) is 5.92. The van der Waals surface area contributed by atoms with E-state index in [0.29, 0.717) is 31.0 Å². The van der Waals surface area contributed by atoms with Gasteiger partial charge in [-0.05, 0) is 25.5 Å². The number of amides is 1. The third-order valence-corrected chi connectivity index (χ3v) is 6.55. The molecular formula is C18H23N5O3S. The Hall–Kier alpha value is -2.39. The van der Waals surface area contributed by atoms with E-state index in [2.05, 4.69) is 15.0 Å². The van der Waals surface area contributed by atoms with E-state index in [0.717, 1.165) is 12.0 Å². The molecular weight excluding hydrogens is 366 g/mol. The summed E-state index contributed by atoms with van der Waals surface area (Å²) in [4.78, 5) is 26.4. The molecule has 0 aliphatic carbocycles. The molecule has 3 heterocycles. The number of hydrogen-bond acceptors (Lipinski definition) is 6. The van der Waals surface area contributed by atoms with Crippen molar-refractivity contribution in [3.63, 3.8) is 0 Å². The van der Waals surface area contributed by atoms with Gasteiger partial charge in [0.2, 0.25) is 15.9 Å². The van der Waals surface area contributed by atoms with E-state index < -0.39 is 10.0 Å². The second-order valence-electron chi connectivity index (χ2n) is 6.41. The predicted molar refractivity (Wildman–Crippen MR) is 100 cm³/mol. The van der Waals surface area contributed by atoms with Crippen LogP contribution in [0.3, 0.4) is 0 Å². The van der Waals surface area contributed by atoms with Crippen molar-refractivity contribution in [1.82, 2.24) is 24.2 Å². The molecule has 144 valence electrons. The van der Waals surface area contributed by atoms with Gasteiger partial charge in [0.1, 0.15) is 4.90 Å². The maximum Gasteiger partial charge on any atom is 0.246 e. The number of rotatable bonds is 5. The average molecular weight is 389 g/mol. The number of carbonyl (C=O) groups excluding carboxylic acids is 1. The van der Waals surface area contributed by atoms with Crippen LogP contribution >= 0.6 is 0 Å². The van der Waals surface area contributed by atoms with Crippen molar-refractivity contribution in [3.05, 3.63) is 36.4 Å². The zero-order valence-electron chi connectivity index (χ0n) is 15.5. The molecule has 0 aromatic carbocycles. The molecule has 0 bridgehead atoms. The van der Waals surface area contributed by atoms with Crippen LogP contribution in [-0.4, -0.2) is 64.7 Å². The molecule has 2 aromatic heterocycles. The van der Waals surface area contributed by atoms with Crippen molar-refractivity contribution in [3.8, 4) is 11.4 Å². The Morgan fingerprint density at radius 2 is 1.81 bits per heavy atom. The Morgan fingerprint density at radius 3 is 2.41 bits per heavy atom. The molecule has 8 nitrogen and oxygen atoms in total. The van der Waals surface area contributed by atoms with Crippen LogP contribution in [0.15, 0.2) is 35.6 Å². The van der Waals surface area contributed by atoms with Crippen LogP contribution in [0.1, 0.15) is 25.5 Å². The predicted octanol–water partition coefficient (Wildman–Crippen LogP) is 1.48. The van der Waals surface area contributed by atoms with E-state index in [4.69, 9.17) is 0 Å². The normalized spacial score (nSPS) is 15.7. The minimum absolute atomic E-state index is 0.0794. The third kappa shape index (κ3) is 4.14. The Kier molecular flexibility index (Phi) is 5.81. The number of sulfonamides is 1. The highest BCUT2D eigenvalue weighted by molar-refractivity contribution is 7.89. The number of carbonyl (C=O) groups is 1. The van der Waals surface area contributed by atoms with Crippen LogP contribution in [0.5, 0.6) is 0 Å². The SMILES string of the molecule is CCCC(=O)N1CCN(S(=O)(=O)c2cnc(-c3ccncc3)nc2C)CC1. The molecule has 0 atom stereocenters. The van der Waals surface area contributed by atoms with Gasteiger partial charge in [-0.2, -0.15) is 4.31 Å². The number of piperazine rings is 1. The summed E-state index contributed by atoms with van der Waals surface area (Å²) >= 11 is 0. The molecule has 0 N–H and O–H groups in total. The van der Waals surface area contributed by atoms with Crippen molar-refractivity contribution in [2.45, 2.75) is 31.6 Å². The molecule has 1 aliphatic rings. The molecule has 0 spiro atoms. The number of nitrogens with zero attached hydrogens (tertiary/aromatic N) is 5. The van der Waals surface area contributed by atoms with Crippen molar-refractivity contribution in [1.29, 1.82) is 0 Å². The Labute approximate surface area is 159 Å². The van der Waals surface area contributed by atoms with Gasteiger partial charge in [0, 0.05) is 50.6 Å². The molecule has 1 amide bonds. The maximum absolute atomic E-state index is 13.0. The van der Waals surface area contributed by atoms with Crippen LogP contribution in [-0.2, 0) is 14.8 Å². The van der Waals surface area contributed by atoms with Gasteiger partial charge in [-0.25, -0.2) is 18.4 Å². The van der Waals surface area contributed by atoms with Gasteiger partial charge in [0.05, 0.1) is 11.9 Å². The highest BCUT2D eigenvalue weighted by Crippen LogP contribution is 2.22. The highest BCUT2D eigenvalue weighted by Gasteiger charge is 2.31. The van der Waals surface area contributed by atoms with E-state index in [1.54, 1.807) is 36.4 Å². The lowest BCUT2D eigenvalue weighted by Crippen LogP contribution is -2.50. The van der Waals surface area contributed by atoms with E-state index in [1.807, 2.05) is 6.92 Å². The lowest BCUT2D eigenvalue weighted by molar-refractivity contribution is -0.132. The van der Waals surface area contributed by atoms with Crippen LogP contribution in [0.4, 0.5) is 0 Å². The second kappa shape index (κ2) is 8.10. The topological polar surface area (TPSA) is 96.4 Å². The fourth-order valence-electron chi connectivity index (χ4n) is 3.04. The minimum atomic E-state index is -3.70. The first kappa shape index (κ1) is 19.4. The van der Waals surface area contributed by atoms with Gasteiger partial charge in [-0.1, -0.05) is 6.92 Å². The van der Waals surface area contributed by atoms with E-state index in [-0.39, 0.29) is 23.9 Å². The van der Waals surface area contributed by atoms with Crippen molar-refractivity contribution in [2.24, 2.45) is 0 Å². The first-order valence-corrected chi connectivity index (χ1v) is 10.4. The van der Waals surface area contributed by atoms with E-state index in [9.17, 15) is 13.2 Å². The van der Waals surface area contributed by atoms with Gasteiger partial charge in [-0.3, -0.25) is 9.78 Å². The molecule has 1 fully saturated rings. The van der Waals surface area contributed by atoms with Crippen molar-refractivity contribution < 1.29 is 13.2 Å². The van der Waals surface area contributed by atoms with Gasteiger partial charge >= 0.3 is 0 Å². The van der Waals surface area contributed by atoms with Gasteiger partial charge in [-0.15, -0.1) is 0 Å². The average Bonchev–Trinajstić information content (AvgIpc) is 2.68. The van der Waals surface area contributed by atoms with E-state index in [1.165, 1.54) is 10.5 Å². The fraction of sp³-hybridized carbons (Fsp3) is 0.444. The maximum atomic E-state index is 13.0. The number of aromatic nitrogens is 3. The van der Waals surface area contributed by atoms with E-state index >= 15 is 0 Å². The Balaban J connectivity index is 1.77. The first-order chi connectivity index (χ1) is 12.9. The summed E-state index contributed by atoms with van der Waals surface area (Å²) in [5.41, 5.74) is 1.18. The smallest absolute Gasteiger partial charge is 0.246 e. The summed E-state index contributed by atoms with van der Waals surface area (Å²) < 4.78 is 27.4. The summed E-state index contributed by atoms with van der Waals surface area (Å²) in [6.45, 7) is 5.00. The largest absolute Gasteiger partial charge is 0.340 e. The molecule has 0 unspecified atom stereocenters. The molecule has 27 heavy (non-hydrogen) atoms. The summed E-state index contributed by atoms with van der Waals surface area (Å²) in [7, 11) is -3.70. The molecule has 1 aliphatic heterocycles. The zero-order valence-corrected chi connectivity index (χ0v) is 16.3. The summed E-state index contributed by atoms with van der Waals surface area (Å²) in [5.74, 6) is 0.541. The standard InChI is InChI=1S/C18H23N5O3S/c1-3-4-17(24)22-9-11-23(12-10-22)27(25,26)16-13-20-18(21-14(16)2)15-5-7-19-8-6-15/h5-8,13H,3-4,9-12H2,1-2H3. The molecule has 2 aromatic rings.